The van der Waals surface area contributed by atoms with Gasteiger partial charge in [-0.1, -0.05) is 5.16 Å². The monoisotopic (exact) mass is 335 g/mol. The summed E-state index contributed by atoms with van der Waals surface area (Å²) in [6, 6.07) is 1.22. The lowest BCUT2D eigenvalue weighted by Crippen LogP contribution is -2.46. The van der Waals surface area contributed by atoms with Crippen molar-refractivity contribution in [2.45, 2.75) is 25.7 Å². The third-order valence-corrected chi connectivity index (χ3v) is 3.40. The van der Waals surface area contributed by atoms with Crippen LogP contribution < -0.4 is 10.5 Å². The van der Waals surface area contributed by atoms with Gasteiger partial charge in [-0.05, 0) is 19.1 Å². The Morgan fingerprint density at radius 2 is 2.13 bits per heavy atom. The molecular weight excluding hydrogens is 322 g/mol. The van der Waals surface area contributed by atoms with Gasteiger partial charge in [0.05, 0.1) is 12.6 Å². The molecule has 10 heteroatoms. The van der Waals surface area contributed by atoms with E-state index in [9.17, 15) is 22.4 Å². The Hall–Kier alpha value is -2.52. The van der Waals surface area contributed by atoms with E-state index in [0.717, 1.165) is 6.07 Å². The average Bonchev–Trinajstić information content (AvgIpc) is 2.64. The van der Waals surface area contributed by atoms with Gasteiger partial charge in [-0.15, -0.1) is 0 Å². The van der Waals surface area contributed by atoms with E-state index >= 15 is 0 Å². The van der Waals surface area contributed by atoms with E-state index in [4.69, 9.17) is 15.7 Å². The fraction of sp³-hybridized carbons (Fsp3) is 0.385. The molecule has 1 aliphatic rings. The van der Waals surface area contributed by atoms with Gasteiger partial charge < -0.3 is 20.6 Å². The van der Waals surface area contributed by atoms with E-state index in [1.54, 1.807) is 0 Å². The van der Waals surface area contributed by atoms with Gasteiger partial charge in [0, 0.05) is 11.1 Å². The Morgan fingerprint density at radius 3 is 2.70 bits per heavy atom. The number of benzene rings is 1. The largest absolute Gasteiger partial charge is 0.491 e. The number of amidine groups is 1. The van der Waals surface area contributed by atoms with Gasteiger partial charge in [0.1, 0.15) is 18.2 Å². The van der Waals surface area contributed by atoms with Crippen molar-refractivity contribution in [1.29, 1.82) is 0 Å². The molecule has 6 nitrogen and oxygen atoms in total. The lowest BCUT2D eigenvalue weighted by atomic mass is 10.1. The maximum atomic E-state index is 14.2. The van der Waals surface area contributed by atoms with Crippen LogP contribution in [0.2, 0.25) is 0 Å². The van der Waals surface area contributed by atoms with Gasteiger partial charge in [-0.25, -0.2) is 4.39 Å². The van der Waals surface area contributed by atoms with Crippen molar-refractivity contribution >= 4 is 11.7 Å². The molecule has 0 bridgehead atoms. The van der Waals surface area contributed by atoms with Gasteiger partial charge in [-0.3, -0.25) is 4.79 Å². The molecule has 0 spiro atoms. The topological polar surface area (TPSA) is 88.2 Å². The second-order valence-corrected chi connectivity index (χ2v) is 5.01. The SMILES string of the molecule is C[C@H]1COc2cc(/C(N)=N/O)cc(F)c2CN1C(=O)C(F)(F)F. The molecule has 1 aliphatic heterocycles. The first-order valence-electron chi connectivity index (χ1n) is 6.46. The Labute approximate surface area is 128 Å². The van der Waals surface area contributed by atoms with Crippen LogP contribution in [0.25, 0.3) is 0 Å². The molecular formula is C13H13F4N3O3. The fourth-order valence-electron chi connectivity index (χ4n) is 2.16. The predicted octanol–water partition coefficient (Wildman–Crippen LogP) is 1.59. The van der Waals surface area contributed by atoms with Crippen molar-refractivity contribution in [1.82, 2.24) is 4.90 Å². The van der Waals surface area contributed by atoms with Crippen LogP contribution in [0.5, 0.6) is 5.75 Å². The smallest absolute Gasteiger partial charge is 0.471 e. The molecule has 1 aromatic rings. The minimum Gasteiger partial charge on any atom is -0.491 e. The minimum absolute atomic E-state index is 0.00648. The number of carbonyl (C=O) groups excluding carboxylic acids is 1. The van der Waals surface area contributed by atoms with Gasteiger partial charge in [0.25, 0.3) is 0 Å². The zero-order valence-electron chi connectivity index (χ0n) is 11.9. The maximum Gasteiger partial charge on any atom is 0.471 e. The molecule has 2 rings (SSSR count). The van der Waals surface area contributed by atoms with Crippen LogP contribution in [0.1, 0.15) is 18.1 Å². The third kappa shape index (κ3) is 3.30. The lowest BCUT2D eigenvalue weighted by Gasteiger charge is -2.27. The first-order valence-corrected chi connectivity index (χ1v) is 6.46. The van der Waals surface area contributed by atoms with Crippen molar-refractivity contribution in [3.63, 3.8) is 0 Å². The number of hydrogen-bond acceptors (Lipinski definition) is 4. The molecule has 0 unspecified atom stereocenters. The Bertz CT molecular complexity index is 661. The van der Waals surface area contributed by atoms with Crippen LogP contribution in [-0.4, -0.2) is 40.7 Å². The Morgan fingerprint density at radius 1 is 1.48 bits per heavy atom. The van der Waals surface area contributed by atoms with E-state index in [1.165, 1.54) is 13.0 Å². The van der Waals surface area contributed by atoms with E-state index < -0.39 is 30.5 Å². The van der Waals surface area contributed by atoms with Gasteiger partial charge in [-0.2, -0.15) is 13.2 Å². The number of fused-ring (bicyclic) bond motifs is 1. The number of oxime groups is 1. The summed E-state index contributed by atoms with van der Waals surface area (Å²) in [6.45, 7) is 0.503. The molecule has 1 heterocycles. The second-order valence-electron chi connectivity index (χ2n) is 5.01. The van der Waals surface area contributed by atoms with Gasteiger partial charge in [0.2, 0.25) is 0 Å². The van der Waals surface area contributed by atoms with Crippen LogP contribution in [0.4, 0.5) is 17.6 Å². The first kappa shape index (κ1) is 16.8. The highest BCUT2D eigenvalue weighted by Crippen LogP contribution is 2.31. The standard InChI is InChI=1S/C13H13F4N3O3/c1-6-5-23-10-3-7(11(18)19-22)2-9(14)8(10)4-20(6)12(21)13(15,16)17/h2-3,6,22H,4-5H2,1H3,(H2,18,19)/t6-/m0/s1. The molecule has 0 aromatic heterocycles. The summed E-state index contributed by atoms with van der Waals surface area (Å²) in [7, 11) is 0. The normalized spacial score (nSPS) is 18.9. The molecule has 3 N–H and O–H groups in total. The molecule has 1 amide bonds. The molecule has 126 valence electrons. The number of nitrogens with two attached hydrogens (primary N) is 1. The zero-order chi connectivity index (χ0) is 17.4. The van der Waals surface area contributed by atoms with E-state index in [2.05, 4.69) is 5.16 Å². The highest BCUT2D eigenvalue weighted by Gasteiger charge is 2.45. The van der Waals surface area contributed by atoms with Crippen molar-refractivity contribution < 1.29 is 32.3 Å². The molecule has 0 radical (unpaired) electrons. The number of nitrogens with zero attached hydrogens (tertiary/aromatic N) is 2. The number of rotatable bonds is 1. The summed E-state index contributed by atoms with van der Waals surface area (Å²) >= 11 is 0. The molecule has 23 heavy (non-hydrogen) atoms. The van der Waals surface area contributed by atoms with E-state index in [-0.39, 0.29) is 29.3 Å². The van der Waals surface area contributed by atoms with Gasteiger partial charge in [0.15, 0.2) is 5.84 Å². The third-order valence-electron chi connectivity index (χ3n) is 3.40. The number of alkyl halides is 3. The van der Waals surface area contributed by atoms with Crippen molar-refractivity contribution in [3.05, 3.63) is 29.1 Å². The van der Waals surface area contributed by atoms with Crippen molar-refractivity contribution in [2.24, 2.45) is 10.9 Å². The molecule has 0 aliphatic carbocycles. The quantitative estimate of drug-likeness (QED) is 0.268. The number of amides is 1. The molecule has 0 saturated carbocycles. The summed E-state index contributed by atoms with van der Waals surface area (Å²) in [5.41, 5.74) is 5.16. The lowest BCUT2D eigenvalue weighted by molar-refractivity contribution is -0.188. The molecule has 1 atom stereocenters. The van der Waals surface area contributed by atoms with Crippen LogP contribution in [0.15, 0.2) is 17.3 Å². The summed E-state index contributed by atoms with van der Waals surface area (Å²) < 4.78 is 57.4. The van der Waals surface area contributed by atoms with Gasteiger partial charge >= 0.3 is 12.1 Å². The second kappa shape index (κ2) is 5.94. The first-order chi connectivity index (χ1) is 10.6. The Kier molecular flexibility index (Phi) is 4.35. The van der Waals surface area contributed by atoms with Crippen LogP contribution in [0, 0.1) is 5.82 Å². The summed E-state index contributed by atoms with van der Waals surface area (Å²) in [5.74, 6) is -3.42. The van der Waals surface area contributed by atoms with Crippen molar-refractivity contribution in [3.8, 4) is 5.75 Å². The Balaban J connectivity index is 2.44. The average molecular weight is 335 g/mol. The predicted molar refractivity (Wildman–Crippen MR) is 70.5 cm³/mol. The highest BCUT2D eigenvalue weighted by atomic mass is 19.4. The maximum absolute atomic E-state index is 14.2. The summed E-state index contributed by atoms with van der Waals surface area (Å²) in [6.07, 6.45) is -5.07. The number of carbonyl (C=O) groups is 1. The fourth-order valence-corrected chi connectivity index (χ4v) is 2.16. The van der Waals surface area contributed by atoms with E-state index in [0.29, 0.717) is 4.90 Å². The molecule has 0 fully saturated rings. The number of halogens is 4. The van der Waals surface area contributed by atoms with E-state index in [1.807, 2.05) is 0 Å². The van der Waals surface area contributed by atoms with Crippen LogP contribution in [0.3, 0.4) is 0 Å². The number of hydrogen-bond donors (Lipinski definition) is 2. The summed E-state index contributed by atoms with van der Waals surface area (Å²) in [5, 5.41) is 11.3. The van der Waals surface area contributed by atoms with Crippen LogP contribution in [-0.2, 0) is 11.3 Å². The minimum atomic E-state index is -5.07. The highest BCUT2D eigenvalue weighted by molar-refractivity contribution is 5.97. The summed E-state index contributed by atoms with van der Waals surface area (Å²) in [4.78, 5) is 12.0. The number of ether oxygens (including phenoxy) is 1. The molecule has 1 aromatic carbocycles. The van der Waals surface area contributed by atoms with Crippen LogP contribution >= 0.6 is 0 Å². The molecule has 0 saturated heterocycles. The zero-order valence-corrected chi connectivity index (χ0v) is 11.9. The van der Waals surface area contributed by atoms with Crippen molar-refractivity contribution in [2.75, 3.05) is 6.61 Å².